The van der Waals surface area contributed by atoms with Crippen LogP contribution in [0, 0.1) is 0 Å². The van der Waals surface area contributed by atoms with Crippen molar-refractivity contribution in [3.8, 4) is 5.75 Å². The molecule has 0 spiro atoms. The summed E-state index contributed by atoms with van der Waals surface area (Å²) in [6.45, 7) is -0.137. The summed E-state index contributed by atoms with van der Waals surface area (Å²) in [5.74, 6) is -1.54. The fourth-order valence-corrected chi connectivity index (χ4v) is 2.40. The zero-order valence-corrected chi connectivity index (χ0v) is 13.1. The molecule has 22 heavy (non-hydrogen) atoms. The number of aliphatic hydroxyl groups is 1. The van der Waals surface area contributed by atoms with Crippen LogP contribution >= 0.6 is 15.9 Å². The largest absolute Gasteiger partial charge is 0.482 e. The Balaban J connectivity index is 2.43. The molecule has 0 unspecified atom stereocenters. The maximum Gasteiger partial charge on any atom is 0.356 e. The van der Waals surface area contributed by atoms with Gasteiger partial charge in [-0.05, 0) is 21.5 Å². The molecule has 0 aliphatic heterocycles. The molecule has 0 amide bonds. The van der Waals surface area contributed by atoms with Gasteiger partial charge >= 0.3 is 5.97 Å². The van der Waals surface area contributed by atoms with Crippen LogP contribution in [0.25, 0.3) is 0 Å². The van der Waals surface area contributed by atoms with Crippen molar-refractivity contribution in [2.75, 3.05) is 6.61 Å². The number of carbonyl (C=O) groups is 1. The third kappa shape index (κ3) is 3.55. The number of carboxylic acids is 1. The first-order valence-corrected chi connectivity index (χ1v) is 7.27. The van der Waals surface area contributed by atoms with Crippen molar-refractivity contribution in [2.24, 2.45) is 0 Å². The summed E-state index contributed by atoms with van der Waals surface area (Å²) < 4.78 is 6.90. The number of aliphatic hydroxyl groups excluding tert-OH is 1. The second kappa shape index (κ2) is 7.24. The highest BCUT2D eigenvalue weighted by atomic mass is 79.9. The molecule has 116 valence electrons. The molecule has 2 N–H and O–H groups in total. The third-order valence-corrected chi connectivity index (χ3v) is 3.53. The third-order valence-electron chi connectivity index (χ3n) is 2.96. The number of aromatic carboxylic acids is 1. The molecule has 1 heterocycles. The minimum absolute atomic E-state index is 0.0439. The van der Waals surface area contributed by atoms with Crippen molar-refractivity contribution in [3.63, 3.8) is 0 Å². The highest BCUT2D eigenvalue weighted by Crippen LogP contribution is 2.19. The average molecular weight is 368 g/mol. The van der Waals surface area contributed by atoms with Crippen molar-refractivity contribution in [2.45, 2.75) is 13.2 Å². The first-order chi connectivity index (χ1) is 10.5. The minimum atomic E-state index is -1.29. The van der Waals surface area contributed by atoms with E-state index in [0.717, 1.165) is 5.56 Å². The highest BCUT2D eigenvalue weighted by Gasteiger charge is 2.21. The number of halogens is 1. The van der Waals surface area contributed by atoms with Crippen LogP contribution in [0.1, 0.15) is 16.1 Å². The number of ether oxygens (including phenoxy) is 1. The van der Waals surface area contributed by atoms with Crippen LogP contribution in [-0.4, -0.2) is 27.4 Å². The van der Waals surface area contributed by atoms with E-state index in [1.54, 1.807) is 0 Å². The molecule has 2 rings (SSSR count). The van der Waals surface area contributed by atoms with Gasteiger partial charge in [-0.25, -0.2) is 4.79 Å². The maximum absolute atomic E-state index is 12.2. The molecule has 0 saturated heterocycles. The van der Waals surface area contributed by atoms with E-state index in [1.165, 1.54) is 10.8 Å². The zero-order valence-electron chi connectivity index (χ0n) is 11.5. The lowest BCUT2D eigenvalue weighted by Crippen LogP contribution is -2.22. The summed E-state index contributed by atoms with van der Waals surface area (Å²) in [6.07, 6.45) is 1.33. The Hall–Kier alpha value is -2.12. The molecule has 1 aromatic carbocycles. The van der Waals surface area contributed by atoms with Crippen LogP contribution in [0.3, 0.4) is 0 Å². The van der Waals surface area contributed by atoms with Gasteiger partial charge in [0.1, 0.15) is 6.61 Å². The predicted molar refractivity (Wildman–Crippen MR) is 83.2 cm³/mol. The zero-order chi connectivity index (χ0) is 16.1. The lowest BCUT2D eigenvalue weighted by atomic mass is 10.2. The quantitative estimate of drug-likeness (QED) is 0.813. The normalized spacial score (nSPS) is 10.5. The van der Waals surface area contributed by atoms with Crippen molar-refractivity contribution >= 4 is 21.9 Å². The Bertz CT molecular complexity index is 727. The Kier molecular flexibility index (Phi) is 5.35. The highest BCUT2D eigenvalue weighted by molar-refractivity contribution is 9.10. The van der Waals surface area contributed by atoms with E-state index in [-0.39, 0.29) is 35.7 Å². The van der Waals surface area contributed by atoms with E-state index in [9.17, 15) is 14.7 Å². The summed E-state index contributed by atoms with van der Waals surface area (Å²) in [4.78, 5) is 23.6. The second-order valence-corrected chi connectivity index (χ2v) is 5.33. The first kappa shape index (κ1) is 16.3. The number of hydrogen-bond acceptors (Lipinski definition) is 4. The van der Waals surface area contributed by atoms with Gasteiger partial charge in [-0.15, -0.1) is 0 Å². The summed E-state index contributed by atoms with van der Waals surface area (Å²) >= 11 is 3.09. The second-order valence-electron chi connectivity index (χ2n) is 4.48. The van der Waals surface area contributed by atoms with Gasteiger partial charge in [0, 0.05) is 12.7 Å². The monoisotopic (exact) mass is 367 g/mol. The van der Waals surface area contributed by atoms with Crippen molar-refractivity contribution in [1.82, 2.24) is 4.57 Å². The molecular formula is C15H14BrNO5. The fourth-order valence-electron chi connectivity index (χ4n) is 1.97. The number of nitrogens with zero attached hydrogens (tertiary/aromatic N) is 1. The summed E-state index contributed by atoms with van der Waals surface area (Å²) in [5.41, 5.74) is -0.00683. The fraction of sp³-hybridized carbons (Fsp3) is 0.200. The average Bonchev–Trinajstić information content (AvgIpc) is 2.50. The summed E-state index contributed by atoms with van der Waals surface area (Å²) in [6, 6.07) is 9.11. The van der Waals surface area contributed by atoms with Crippen LogP contribution in [0.4, 0.5) is 0 Å². The van der Waals surface area contributed by atoms with E-state index < -0.39 is 11.4 Å². The van der Waals surface area contributed by atoms with E-state index in [0.29, 0.717) is 0 Å². The number of carboxylic acid groups (broad SMARTS) is 1. The molecule has 0 atom stereocenters. The Morgan fingerprint density at radius 2 is 1.95 bits per heavy atom. The van der Waals surface area contributed by atoms with Crippen LogP contribution < -0.4 is 10.2 Å². The Morgan fingerprint density at radius 1 is 1.27 bits per heavy atom. The maximum atomic E-state index is 12.2. The van der Waals surface area contributed by atoms with Gasteiger partial charge in [-0.3, -0.25) is 4.79 Å². The molecule has 1 aromatic heterocycles. The van der Waals surface area contributed by atoms with Crippen LogP contribution in [-0.2, 0) is 13.2 Å². The van der Waals surface area contributed by atoms with E-state index in [4.69, 9.17) is 9.84 Å². The molecule has 7 heteroatoms. The van der Waals surface area contributed by atoms with Gasteiger partial charge in [0.2, 0.25) is 5.43 Å². The van der Waals surface area contributed by atoms with Crippen LogP contribution in [0.2, 0.25) is 0 Å². The van der Waals surface area contributed by atoms with Gasteiger partial charge in [0.25, 0.3) is 0 Å². The molecule has 0 fully saturated rings. The lowest BCUT2D eigenvalue weighted by Gasteiger charge is -2.15. The van der Waals surface area contributed by atoms with E-state index in [2.05, 4.69) is 15.9 Å². The molecule has 0 aliphatic rings. The predicted octanol–water partition coefficient (Wildman–Crippen LogP) is 1.88. The molecule has 2 aromatic rings. The number of benzene rings is 1. The van der Waals surface area contributed by atoms with Crippen molar-refractivity contribution in [1.29, 1.82) is 0 Å². The SMILES string of the molecule is O=C(O)c1c(OCc2ccccc2)c(=O)c(Br)cn1CCO. The smallest absolute Gasteiger partial charge is 0.356 e. The number of aromatic nitrogens is 1. The number of hydrogen-bond donors (Lipinski definition) is 2. The van der Waals surface area contributed by atoms with Crippen LogP contribution in [0.15, 0.2) is 45.8 Å². The first-order valence-electron chi connectivity index (χ1n) is 6.48. The summed E-state index contributed by atoms with van der Waals surface area (Å²) in [5, 5.41) is 18.4. The molecule has 0 saturated carbocycles. The van der Waals surface area contributed by atoms with Crippen molar-refractivity contribution < 1.29 is 19.7 Å². The van der Waals surface area contributed by atoms with Gasteiger partial charge in [0.15, 0.2) is 11.4 Å². The Morgan fingerprint density at radius 3 is 2.55 bits per heavy atom. The topological polar surface area (TPSA) is 88.8 Å². The van der Waals surface area contributed by atoms with Crippen molar-refractivity contribution in [3.05, 3.63) is 62.5 Å². The molecule has 0 aliphatic carbocycles. The van der Waals surface area contributed by atoms with E-state index in [1.807, 2.05) is 30.3 Å². The Labute approximate surface area is 134 Å². The minimum Gasteiger partial charge on any atom is -0.482 e. The molecular weight excluding hydrogens is 354 g/mol. The number of pyridine rings is 1. The molecule has 0 radical (unpaired) electrons. The molecule has 6 nitrogen and oxygen atoms in total. The summed E-state index contributed by atoms with van der Waals surface area (Å²) in [7, 11) is 0. The lowest BCUT2D eigenvalue weighted by molar-refractivity contribution is 0.0675. The van der Waals surface area contributed by atoms with Gasteiger partial charge < -0.3 is 19.5 Å². The van der Waals surface area contributed by atoms with E-state index >= 15 is 0 Å². The number of rotatable bonds is 6. The molecule has 0 bridgehead atoms. The standard InChI is InChI=1S/C15H14BrNO5/c16-11-8-17(6-7-18)12(15(20)21)14(13(11)19)22-9-10-4-2-1-3-5-10/h1-5,8,18H,6-7,9H2,(H,20,21). The van der Waals surface area contributed by atoms with Gasteiger partial charge in [0.05, 0.1) is 11.1 Å². The van der Waals surface area contributed by atoms with Crippen LogP contribution in [0.5, 0.6) is 5.75 Å². The van der Waals surface area contributed by atoms with Gasteiger partial charge in [-0.2, -0.15) is 0 Å². The van der Waals surface area contributed by atoms with Gasteiger partial charge in [-0.1, -0.05) is 30.3 Å².